The summed E-state index contributed by atoms with van der Waals surface area (Å²) in [4.78, 5) is 16.8. The number of benzene rings is 1. The first-order valence-electron chi connectivity index (χ1n) is 6.34. The number of aromatic nitrogens is 1. The lowest BCUT2D eigenvalue weighted by Crippen LogP contribution is -2.02. The Morgan fingerprint density at radius 2 is 1.71 bits per heavy atom. The minimum Gasteiger partial charge on any atom is -0.491 e. The van der Waals surface area contributed by atoms with Gasteiger partial charge < -0.3 is 18.9 Å². The topological polar surface area (TPSA) is 66.9 Å². The number of carbonyl (C=O) groups is 1. The van der Waals surface area contributed by atoms with Crippen LogP contribution in [-0.4, -0.2) is 31.8 Å². The zero-order valence-electron chi connectivity index (χ0n) is 11.4. The molecular weight excluding hydrogens is 274 g/mol. The minimum atomic E-state index is -0.153. The molecule has 1 aromatic carbocycles. The molecule has 6 heteroatoms. The highest BCUT2D eigenvalue weighted by Crippen LogP contribution is 2.46. The monoisotopic (exact) mass is 285 g/mol. The second-order valence-corrected chi connectivity index (χ2v) is 4.68. The van der Waals surface area contributed by atoms with Crippen molar-refractivity contribution in [2.24, 2.45) is 0 Å². The maximum absolute atomic E-state index is 12.5. The summed E-state index contributed by atoms with van der Waals surface area (Å²) < 4.78 is 21.1. The van der Waals surface area contributed by atoms with E-state index in [0.29, 0.717) is 34.1 Å². The number of rotatable bonds is 2. The molecule has 2 heterocycles. The summed E-state index contributed by atoms with van der Waals surface area (Å²) in [6.45, 7) is 0.170. The lowest BCUT2D eigenvalue weighted by Gasteiger charge is -2.08. The third-order valence-electron chi connectivity index (χ3n) is 3.63. The SMILES string of the molecule is COc1cc2c(nc1OC)C(=O)c1cc3c(cc1-2)OCO3. The molecule has 6 nitrogen and oxygen atoms in total. The molecule has 0 unspecified atom stereocenters. The molecule has 1 aliphatic heterocycles. The Hall–Kier alpha value is -2.76. The van der Waals surface area contributed by atoms with Crippen LogP contribution in [0.2, 0.25) is 0 Å². The Morgan fingerprint density at radius 3 is 2.38 bits per heavy atom. The standard InChI is InChI=1S/C15H11NO5/c1-18-12-4-8-7-3-10-11(21-6-20-10)5-9(7)14(17)13(8)16-15(12)19-2/h3-5H,6H2,1-2H3. The van der Waals surface area contributed by atoms with Gasteiger partial charge in [0.2, 0.25) is 12.6 Å². The van der Waals surface area contributed by atoms with Gasteiger partial charge in [-0.1, -0.05) is 0 Å². The van der Waals surface area contributed by atoms with E-state index in [1.54, 1.807) is 18.2 Å². The zero-order valence-corrected chi connectivity index (χ0v) is 11.4. The Balaban J connectivity index is 1.97. The fraction of sp³-hybridized carbons (Fsp3) is 0.200. The molecule has 4 rings (SSSR count). The summed E-state index contributed by atoms with van der Waals surface area (Å²) in [5.74, 6) is 1.82. The highest BCUT2D eigenvalue weighted by atomic mass is 16.7. The van der Waals surface area contributed by atoms with Crippen molar-refractivity contribution in [2.75, 3.05) is 21.0 Å². The molecule has 0 N–H and O–H groups in total. The van der Waals surface area contributed by atoms with E-state index in [2.05, 4.69) is 4.98 Å². The molecule has 0 saturated carbocycles. The van der Waals surface area contributed by atoms with E-state index in [4.69, 9.17) is 18.9 Å². The van der Waals surface area contributed by atoms with Crippen LogP contribution < -0.4 is 18.9 Å². The highest BCUT2D eigenvalue weighted by Gasteiger charge is 2.33. The molecule has 1 aliphatic carbocycles. The van der Waals surface area contributed by atoms with Crippen molar-refractivity contribution in [3.8, 4) is 34.3 Å². The van der Waals surface area contributed by atoms with E-state index in [9.17, 15) is 4.79 Å². The van der Waals surface area contributed by atoms with Crippen molar-refractivity contribution in [1.82, 2.24) is 4.98 Å². The third-order valence-corrected chi connectivity index (χ3v) is 3.63. The molecule has 2 aromatic rings. The van der Waals surface area contributed by atoms with Gasteiger partial charge in [-0.25, -0.2) is 4.98 Å². The van der Waals surface area contributed by atoms with Crippen LogP contribution in [0.3, 0.4) is 0 Å². The van der Waals surface area contributed by atoms with Crippen molar-refractivity contribution in [2.45, 2.75) is 0 Å². The number of hydrogen-bond acceptors (Lipinski definition) is 6. The first kappa shape index (κ1) is 12.0. The molecule has 0 atom stereocenters. The number of hydrogen-bond donors (Lipinski definition) is 0. The molecular formula is C15H11NO5. The first-order valence-corrected chi connectivity index (χ1v) is 6.34. The molecule has 2 aliphatic rings. The van der Waals surface area contributed by atoms with E-state index in [0.717, 1.165) is 5.56 Å². The van der Waals surface area contributed by atoms with E-state index in [1.807, 2.05) is 0 Å². The van der Waals surface area contributed by atoms with Crippen LogP contribution in [0.5, 0.6) is 23.1 Å². The molecule has 0 saturated heterocycles. The quantitative estimate of drug-likeness (QED) is 0.717. The summed E-state index contributed by atoms with van der Waals surface area (Å²) in [5.41, 5.74) is 2.39. The normalized spacial score (nSPS) is 13.9. The smallest absolute Gasteiger partial charge is 0.257 e. The molecule has 0 fully saturated rings. The zero-order chi connectivity index (χ0) is 14.6. The number of ether oxygens (including phenoxy) is 4. The largest absolute Gasteiger partial charge is 0.491 e. The maximum atomic E-state index is 12.5. The maximum Gasteiger partial charge on any atom is 0.257 e. The van der Waals surface area contributed by atoms with Crippen LogP contribution >= 0.6 is 0 Å². The summed E-state index contributed by atoms with van der Waals surface area (Å²) in [5, 5.41) is 0. The van der Waals surface area contributed by atoms with E-state index >= 15 is 0 Å². The molecule has 0 amide bonds. The van der Waals surface area contributed by atoms with Crippen molar-refractivity contribution in [3.05, 3.63) is 29.5 Å². The molecule has 106 valence electrons. The van der Waals surface area contributed by atoms with Crippen molar-refractivity contribution < 1.29 is 23.7 Å². The number of methoxy groups -OCH3 is 2. The van der Waals surface area contributed by atoms with Crippen molar-refractivity contribution in [1.29, 1.82) is 0 Å². The summed E-state index contributed by atoms with van der Waals surface area (Å²) in [7, 11) is 3.02. The predicted molar refractivity (Wildman–Crippen MR) is 72.3 cm³/mol. The molecule has 0 radical (unpaired) electrons. The van der Waals surface area contributed by atoms with Crippen LogP contribution in [-0.2, 0) is 0 Å². The molecule has 21 heavy (non-hydrogen) atoms. The number of carbonyl (C=O) groups excluding carboxylic acids is 1. The van der Waals surface area contributed by atoms with Gasteiger partial charge in [0.25, 0.3) is 5.88 Å². The highest BCUT2D eigenvalue weighted by molar-refractivity contribution is 6.21. The van der Waals surface area contributed by atoms with Gasteiger partial charge in [-0.15, -0.1) is 0 Å². The van der Waals surface area contributed by atoms with Crippen LogP contribution in [0, 0.1) is 0 Å². The fourth-order valence-electron chi connectivity index (χ4n) is 2.63. The Morgan fingerprint density at radius 1 is 1.00 bits per heavy atom. The minimum absolute atomic E-state index is 0.153. The number of pyridine rings is 1. The lowest BCUT2D eigenvalue weighted by molar-refractivity contribution is 0.103. The van der Waals surface area contributed by atoms with Gasteiger partial charge >= 0.3 is 0 Å². The number of ketones is 1. The average molecular weight is 285 g/mol. The average Bonchev–Trinajstić information content (AvgIpc) is 3.07. The van der Waals surface area contributed by atoms with Gasteiger partial charge in [0.15, 0.2) is 17.2 Å². The van der Waals surface area contributed by atoms with Crippen molar-refractivity contribution in [3.63, 3.8) is 0 Å². The molecule has 0 spiro atoms. The fourth-order valence-corrected chi connectivity index (χ4v) is 2.63. The second-order valence-electron chi connectivity index (χ2n) is 4.68. The summed E-state index contributed by atoms with van der Waals surface area (Å²) in [6.07, 6.45) is 0. The predicted octanol–water partition coefficient (Wildman–Crippen LogP) is 2.04. The van der Waals surface area contributed by atoms with Gasteiger partial charge in [0.05, 0.1) is 14.2 Å². The lowest BCUT2D eigenvalue weighted by atomic mass is 10.1. The van der Waals surface area contributed by atoms with Gasteiger partial charge in [0.1, 0.15) is 5.69 Å². The van der Waals surface area contributed by atoms with Crippen molar-refractivity contribution >= 4 is 5.78 Å². The van der Waals surface area contributed by atoms with Crippen LogP contribution in [0.25, 0.3) is 11.1 Å². The second kappa shape index (κ2) is 4.12. The van der Waals surface area contributed by atoms with Crippen LogP contribution in [0.15, 0.2) is 18.2 Å². The van der Waals surface area contributed by atoms with Gasteiger partial charge in [-0.3, -0.25) is 4.79 Å². The Labute approximate surface area is 120 Å². The van der Waals surface area contributed by atoms with Gasteiger partial charge in [-0.05, 0) is 23.8 Å². The number of fused-ring (bicyclic) bond motifs is 4. The van der Waals surface area contributed by atoms with Gasteiger partial charge in [-0.2, -0.15) is 0 Å². The number of nitrogens with zero attached hydrogens (tertiary/aromatic N) is 1. The van der Waals surface area contributed by atoms with E-state index < -0.39 is 0 Å². The van der Waals surface area contributed by atoms with Crippen LogP contribution in [0.1, 0.15) is 16.1 Å². The summed E-state index contributed by atoms with van der Waals surface area (Å²) >= 11 is 0. The summed E-state index contributed by atoms with van der Waals surface area (Å²) in [6, 6.07) is 5.25. The third kappa shape index (κ3) is 1.53. The Bertz CT molecular complexity index is 784. The van der Waals surface area contributed by atoms with Crippen LogP contribution in [0.4, 0.5) is 0 Å². The van der Waals surface area contributed by atoms with E-state index in [1.165, 1.54) is 14.2 Å². The van der Waals surface area contributed by atoms with E-state index in [-0.39, 0.29) is 18.5 Å². The van der Waals surface area contributed by atoms with Gasteiger partial charge in [0, 0.05) is 11.1 Å². The Kier molecular flexibility index (Phi) is 2.35. The molecule has 0 bridgehead atoms. The first-order chi connectivity index (χ1) is 10.2. The molecule has 1 aromatic heterocycles.